The maximum absolute atomic E-state index is 14.3. The highest BCUT2D eigenvalue weighted by Gasteiger charge is 2.30. The highest BCUT2D eigenvalue weighted by atomic mass is 35.5. The van der Waals surface area contributed by atoms with Gasteiger partial charge in [0.15, 0.2) is 0 Å². The molecule has 2 saturated heterocycles. The van der Waals surface area contributed by atoms with Crippen LogP contribution in [0.3, 0.4) is 0 Å². The zero-order valence-electron chi connectivity index (χ0n) is 34.7. The number of H-pyrrole nitrogens is 1. The van der Waals surface area contributed by atoms with Crippen molar-refractivity contribution in [3.05, 3.63) is 111 Å². The first kappa shape index (κ1) is 42.6. The highest BCUT2D eigenvalue weighted by Crippen LogP contribution is 2.41. The molecule has 9 rings (SSSR count). The van der Waals surface area contributed by atoms with E-state index in [4.69, 9.17) is 30.8 Å². The van der Waals surface area contributed by atoms with Gasteiger partial charge in [0, 0.05) is 74.2 Å². The number of amides is 1. The molecule has 5 heterocycles. The number of pyridine rings is 1. The fourth-order valence-electron chi connectivity index (χ4n) is 8.82. The molecule has 3 N–H and O–H groups in total. The molecule has 0 radical (unpaired) electrons. The van der Waals surface area contributed by atoms with Crippen LogP contribution in [0.2, 0.25) is 5.02 Å². The number of aromatic nitrogens is 2. The molecule has 2 fully saturated rings. The Balaban J connectivity index is 0.985. The Labute approximate surface area is 370 Å². The van der Waals surface area contributed by atoms with Crippen LogP contribution in [0, 0.1) is 10.1 Å². The number of rotatable bonds is 12. The number of nitro benzene ring substituents is 1. The van der Waals surface area contributed by atoms with Crippen LogP contribution in [0.4, 0.5) is 28.4 Å². The van der Waals surface area contributed by atoms with E-state index in [0.29, 0.717) is 62.3 Å². The average molecular weight is 897 g/mol. The molecule has 3 aliphatic heterocycles. The number of fused-ring (bicyclic) bond motifs is 2. The van der Waals surface area contributed by atoms with Crippen molar-refractivity contribution >= 4 is 72.6 Å². The van der Waals surface area contributed by atoms with Gasteiger partial charge in [0.1, 0.15) is 17.0 Å². The summed E-state index contributed by atoms with van der Waals surface area (Å²) in [6, 6.07) is 20.9. The summed E-state index contributed by atoms with van der Waals surface area (Å²) in [6.45, 7) is 6.36. The minimum Gasteiger partial charge on any atom is -0.476 e. The van der Waals surface area contributed by atoms with Gasteiger partial charge in [0.2, 0.25) is 5.88 Å². The molecule has 2 aromatic heterocycles. The maximum Gasteiger partial charge on any atom is 0.293 e. The topological polar surface area (TPSA) is 185 Å². The zero-order chi connectivity index (χ0) is 43.5. The summed E-state index contributed by atoms with van der Waals surface area (Å²) in [5.74, 6) is -0.501. The third-order valence-corrected chi connectivity index (χ3v) is 13.7. The minimum absolute atomic E-state index is 0.101. The van der Waals surface area contributed by atoms with Gasteiger partial charge in [-0.15, -0.1) is 0 Å². The number of carbonyl (C=O) groups is 1. The second-order valence-corrected chi connectivity index (χ2v) is 18.3. The lowest BCUT2D eigenvalue weighted by atomic mass is 9.87. The SMILES string of the molecule is O=C(NS(=O)(=O)c1ccc(NCC2COCCO2)c([N+](=O)[O-])c1)c1ccc(N2CCN(CC3=C(c4ccc(Cl)cc4)CCCC3)CC2)cc1N1CCCOc2nc3[nH]ccc3cc21. The smallest absolute Gasteiger partial charge is 0.293 e. The minimum atomic E-state index is -4.59. The van der Waals surface area contributed by atoms with Crippen LogP contribution in [0.15, 0.2) is 89.5 Å². The molecule has 0 saturated carbocycles. The summed E-state index contributed by atoms with van der Waals surface area (Å²) >= 11 is 6.21. The van der Waals surface area contributed by atoms with E-state index >= 15 is 0 Å². The van der Waals surface area contributed by atoms with Crippen molar-refractivity contribution in [1.82, 2.24) is 19.6 Å². The quantitative estimate of drug-likeness (QED) is 0.0849. The number of nitro groups is 1. The van der Waals surface area contributed by atoms with Crippen LogP contribution in [0.5, 0.6) is 5.88 Å². The number of hydrogen-bond acceptors (Lipinski definition) is 13. The summed E-state index contributed by atoms with van der Waals surface area (Å²) in [4.78, 5) is 40.0. The van der Waals surface area contributed by atoms with E-state index < -0.39 is 31.4 Å². The largest absolute Gasteiger partial charge is 0.476 e. The number of nitrogens with one attached hydrogen (secondary N) is 3. The van der Waals surface area contributed by atoms with E-state index in [1.807, 2.05) is 41.3 Å². The summed E-state index contributed by atoms with van der Waals surface area (Å²) in [5.41, 5.74) is 6.56. The fraction of sp³-hybridized carbons (Fsp3) is 0.378. The lowest BCUT2D eigenvalue weighted by Gasteiger charge is -2.38. The van der Waals surface area contributed by atoms with Gasteiger partial charge in [0.25, 0.3) is 21.6 Å². The van der Waals surface area contributed by atoms with Gasteiger partial charge in [-0.05, 0) is 97.8 Å². The maximum atomic E-state index is 14.3. The monoisotopic (exact) mass is 896 g/mol. The first-order valence-corrected chi connectivity index (χ1v) is 23.2. The summed E-state index contributed by atoms with van der Waals surface area (Å²) < 4.78 is 47.1. The van der Waals surface area contributed by atoms with Crippen molar-refractivity contribution in [3.8, 4) is 5.88 Å². The molecule has 0 bridgehead atoms. The molecule has 1 amide bonds. The van der Waals surface area contributed by atoms with Gasteiger partial charge in [-0.25, -0.2) is 13.1 Å². The summed E-state index contributed by atoms with van der Waals surface area (Å²) in [7, 11) is -4.59. The number of hydrogen-bond donors (Lipinski definition) is 3. The van der Waals surface area contributed by atoms with E-state index in [1.165, 1.54) is 41.7 Å². The second kappa shape index (κ2) is 18.6. The van der Waals surface area contributed by atoms with Crippen LogP contribution in [0.1, 0.15) is 48.0 Å². The van der Waals surface area contributed by atoms with Crippen molar-refractivity contribution in [3.63, 3.8) is 0 Å². The zero-order valence-corrected chi connectivity index (χ0v) is 36.3. The number of carbonyl (C=O) groups excluding carboxylic acids is 1. The Morgan fingerprint density at radius 1 is 0.921 bits per heavy atom. The van der Waals surface area contributed by atoms with Crippen LogP contribution < -0.4 is 24.6 Å². The molecule has 1 atom stereocenters. The molecule has 330 valence electrons. The normalized spacial score (nSPS) is 18.7. The van der Waals surface area contributed by atoms with Crippen LogP contribution >= 0.6 is 11.6 Å². The van der Waals surface area contributed by atoms with Gasteiger partial charge in [-0.1, -0.05) is 29.3 Å². The lowest BCUT2D eigenvalue weighted by molar-refractivity contribution is -0.384. The standard InChI is InChI=1S/C45H49ClN8O8S/c46-33-8-6-30(7-9-33)37-5-2-1-4-32(37)28-51-17-19-52(20-18-51)34-10-12-38(40(25-34)53-16-3-21-62-45-42(53)24-31-14-15-47-43(31)49-45)44(55)50-63(58,59)36-11-13-39(41(26-36)54(56)57)48-27-35-29-60-22-23-61-35/h6-15,24-26,35,48H,1-5,16-23,27-29H2,(H,47,49)(H,50,55). The number of benzene rings is 3. The molecule has 1 aliphatic carbocycles. The molecule has 4 aliphatic rings. The fourth-order valence-corrected chi connectivity index (χ4v) is 9.93. The number of sulfonamides is 1. The Morgan fingerprint density at radius 3 is 2.54 bits per heavy atom. The van der Waals surface area contributed by atoms with Gasteiger partial charge in [0.05, 0.1) is 53.6 Å². The van der Waals surface area contributed by atoms with Crippen LogP contribution in [-0.2, 0) is 19.5 Å². The average Bonchev–Trinajstić information content (AvgIpc) is 3.66. The number of piperazine rings is 1. The number of anilines is 4. The first-order chi connectivity index (χ1) is 30.6. The highest BCUT2D eigenvalue weighted by molar-refractivity contribution is 7.90. The molecule has 1 unspecified atom stereocenters. The second-order valence-electron chi connectivity index (χ2n) is 16.2. The number of halogens is 1. The van der Waals surface area contributed by atoms with Gasteiger partial charge < -0.3 is 34.3 Å². The van der Waals surface area contributed by atoms with Crippen molar-refractivity contribution in [2.75, 3.05) is 87.4 Å². The van der Waals surface area contributed by atoms with Crippen molar-refractivity contribution in [2.45, 2.75) is 43.1 Å². The molecular weight excluding hydrogens is 848 g/mol. The number of aromatic amines is 1. The number of nitrogens with zero attached hydrogens (tertiary/aromatic N) is 5. The third kappa shape index (κ3) is 9.48. The van der Waals surface area contributed by atoms with Gasteiger partial charge >= 0.3 is 0 Å². The Kier molecular flexibility index (Phi) is 12.5. The van der Waals surface area contributed by atoms with Gasteiger partial charge in [-0.3, -0.25) is 19.8 Å². The molecule has 3 aromatic carbocycles. The summed E-state index contributed by atoms with van der Waals surface area (Å²) in [5, 5.41) is 16.7. The summed E-state index contributed by atoms with van der Waals surface area (Å²) in [6.07, 6.45) is 6.58. The molecule has 63 heavy (non-hydrogen) atoms. The Morgan fingerprint density at radius 2 is 1.75 bits per heavy atom. The Hall–Kier alpha value is -5.72. The molecular formula is C45H49ClN8O8S. The van der Waals surface area contributed by atoms with Crippen molar-refractivity contribution < 1.29 is 32.3 Å². The van der Waals surface area contributed by atoms with Crippen LogP contribution in [-0.4, -0.2) is 112 Å². The predicted molar refractivity (Wildman–Crippen MR) is 242 cm³/mol. The number of ether oxygens (including phenoxy) is 3. The van der Waals surface area contributed by atoms with Crippen molar-refractivity contribution in [1.29, 1.82) is 0 Å². The van der Waals surface area contributed by atoms with E-state index in [-0.39, 0.29) is 23.9 Å². The van der Waals surface area contributed by atoms with Crippen LogP contribution in [0.25, 0.3) is 16.6 Å². The molecule has 16 nitrogen and oxygen atoms in total. The third-order valence-electron chi connectivity index (χ3n) is 12.1. The van der Waals surface area contributed by atoms with E-state index in [2.05, 4.69) is 37.0 Å². The van der Waals surface area contributed by atoms with E-state index in [9.17, 15) is 23.3 Å². The van der Waals surface area contributed by atoms with Crippen molar-refractivity contribution in [2.24, 2.45) is 0 Å². The predicted octanol–water partition coefficient (Wildman–Crippen LogP) is 7.14. The molecule has 18 heteroatoms. The lowest BCUT2D eigenvalue weighted by Crippen LogP contribution is -2.47. The first-order valence-electron chi connectivity index (χ1n) is 21.3. The molecule has 5 aromatic rings. The van der Waals surface area contributed by atoms with Gasteiger partial charge in [-0.2, -0.15) is 4.98 Å². The number of allylic oxidation sites excluding steroid dienone is 1. The molecule has 0 spiro atoms. The van der Waals surface area contributed by atoms with E-state index in [0.717, 1.165) is 67.7 Å². The Bertz CT molecular complexity index is 2640. The van der Waals surface area contributed by atoms with E-state index in [1.54, 1.807) is 12.3 Å².